The second-order valence-electron chi connectivity index (χ2n) is 12.4. The van der Waals surface area contributed by atoms with Crippen LogP contribution in [0.5, 0.6) is 11.5 Å². The first-order valence-electron chi connectivity index (χ1n) is 13.1. The Balaban J connectivity index is 1.59. The summed E-state index contributed by atoms with van der Waals surface area (Å²) in [4.78, 5) is 27.2. The van der Waals surface area contributed by atoms with E-state index < -0.39 is 5.92 Å². The fraction of sp³-hybridized carbons (Fsp3) is 0.438. The lowest BCUT2D eigenvalue weighted by Crippen LogP contribution is -2.37. The molecule has 2 aromatic carbocycles. The van der Waals surface area contributed by atoms with Gasteiger partial charge in [-0.2, -0.15) is 0 Å². The molecule has 3 aliphatic rings. The van der Waals surface area contributed by atoms with E-state index in [4.69, 9.17) is 14.2 Å². The molecule has 5 rings (SSSR count). The monoisotopic (exact) mass is 578 g/mol. The third kappa shape index (κ3) is 5.07. The van der Waals surface area contributed by atoms with Gasteiger partial charge in [0, 0.05) is 42.7 Å². The molecule has 0 N–H and O–H groups in total. The lowest BCUT2D eigenvalue weighted by atomic mass is 9.65. The summed E-state index contributed by atoms with van der Waals surface area (Å²) >= 11 is 3.69. The SMILES string of the molecule is COc1cc(C2C3=C(CC(C)(C)CC3=O)OC3=C2C(=O)CC(C)(C)C3)cc(Br)c1OCc1ccc(C)cc1. The van der Waals surface area contributed by atoms with Crippen LogP contribution < -0.4 is 9.47 Å². The van der Waals surface area contributed by atoms with Gasteiger partial charge in [-0.1, -0.05) is 57.5 Å². The second kappa shape index (κ2) is 9.71. The third-order valence-electron chi connectivity index (χ3n) is 7.67. The molecule has 0 atom stereocenters. The topological polar surface area (TPSA) is 61.8 Å². The van der Waals surface area contributed by atoms with Gasteiger partial charge in [0.05, 0.1) is 11.6 Å². The van der Waals surface area contributed by atoms with E-state index in [-0.39, 0.29) is 22.4 Å². The normalized spacial score (nSPS) is 20.6. The minimum Gasteiger partial charge on any atom is -0.493 e. The molecule has 0 saturated carbocycles. The first-order chi connectivity index (χ1) is 17.9. The zero-order valence-corrected chi connectivity index (χ0v) is 24.6. The molecule has 2 aliphatic carbocycles. The van der Waals surface area contributed by atoms with Crippen molar-refractivity contribution in [3.05, 3.63) is 80.2 Å². The fourth-order valence-corrected chi connectivity index (χ4v) is 6.47. The lowest BCUT2D eigenvalue weighted by Gasteiger charge is -2.42. The van der Waals surface area contributed by atoms with Crippen molar-refractivity contribution < 1.29 is 23.8 Å². The van der Waals surface area contributed by atoms with E-state index in [2.05, 4.69) is 62.7 Å². The van der Waals surface area contributed by atoms with Gasteiger partial charge < -0.3 is 14.2 Å². The van der Waals surface area contributed by atoms with Crippen molar-refractivity contribution in [3.63, 3.8) is 0 Å². The number of methoxy groups -OCH3 is 1. The van der Waals surface area contributed by atoms with Gasteiger partial charge in [-0.15, -0.1) is 0 Å². The summed E-state index contributed by atoms with van der Waals surface area (Å²) < 4.78 is 19.1. The number of ether oxygens (including phenoxy) is 3. The molecular formula is C32H35BrO5. The van der Waals surface area contributed by atoms with Crippen molar-refractivity contribution in [2.24, 2.45) is 10.8 Å². The van der Waals surface area contributed by atoms with Gasteiger partial charge >= 0.3 is 0 Å². The number of ketones is 2. The molecule has 6 heteroatoms. The number of benzene rings is 2. The third-order valence-corrected chi connectivity index (χ3v) is 8.26. The highest BCUT2D eigenvalue weighted by Gasteiger charge is 2.48. The van der Waals surface area contributed by atoms with Crippen LogP contribution in [0.3, 0.4) is 0 Å². The van der Waals surface area contributed by atoms with Crippen LogP contribution >= 0.6 is 15.9 Å². The molecular weight excluding hydrogens is 544 g/mol. The van der Waals surface area contributed by atoms with Crippen LogP contribution in [0.2, 0.25) is 0 Å². The zero-order chi connectivity index (χ0) is 27.4. The summed E-state index contributed by atoms with van der Waals surface area (Å²) in [7, 11) is 1.60. The van der Waals surface area contributed by atoms with Gasteiger partial charge in [0.1, 0.15) is 18.1 Å². The summed E-state index contributed by atoms with van der Waals surface area (Å²) in [6.07, 6.45) is 2.16. The highest BCUT2D eigenvalue weighted by molar-refractivity contribution is 9.10. The Morgan fingerprint density at radius 3 is 1.97 bits per heavy atom. The van der Waals surface area contributed by atoms with Gasteiger partial charge in [0.15, 0.2) is 23.1 Å². The lowest BCUT2D eigenvalue weighted by molar-refractivity contribution is -0.120. The van der Waals surface area contributed by atoms with Gasteiger partial charge in [-0.25, -0.2) is 0 Å². The van der Waals surface area contributed by atoms with Gasteiger partial charge in [0.25, 0.3) is 0 Å². The summed E-state index contributed by atoms with van der Waals surface area (Å²) in [5, 5.41) is 0. The first kappa shape index (κ1) is 26.7. The molecule has 0 aromatic heterocycles. The standard InChI is InChI=1S/C32H35BrO5/c1-18-7-9-19(10-8-18)17-37-30-21(33)11-20(12-24(30)36-6)27-28-22(34)13-31(2,3)15-25(28)38-26-16-32(4,5)14-23(35)29(26)27/h7-12,27H,13-17H2,1-6H3. The molecule has 2 aromatic rings. The van der Waals surface area contributed by atoms with Gasteiger partial charge in [0.2, 0.25) is 0 Å². The number of carbonyl (C=O) groups excluding carboxylic acids is 2. The molecule has 200 valence electrons. The van der Waals surface area contributed by atoms with E-state index in [1.165, 1.54) is 5.56 Å². The second-order valence-corrected chi connectivity index (χ2v) is 13.3. The van der Waals surface area contributed by atoms with Crippen molar-refractivity contribution in [1.82, 2.24) is 0 Å². The number of rotatable bonds is 5. The average Bonchev–Trinajstić information content (AvgIpc) is 2.81. The van der Waals surface area contributed by atoms with E-state index in [1.54, 1.807) is 7.11 Å². The zero-order valence-electron chi connectivity index (χ0n) is 23.0. The smallest absolute Gasteiger partial charge is 0.175 e. The molecule has 1 aliphatic heterocycles. The van der Waals surface area contributed by atoms with Crippen LogP contribution in [-0.4, -0.2) is 18.7 Å². The molecule has 0 spiro atoms. The number of hydrogen-bond acceptors (Lipinski definition) is 5. The number of allylic oxidation sites excluding steroid dienone is 4. The maximum atomic E-state index is 13.6. The molecule has 0 unspecified atom stereocenters. The molecule has 1 heterocycles. The molecule has 0 amide bonds. The van der Waals surface area contributed by atoms with E-state index in [1.807, 2.05) is 24.3 Å². The number of halogens is 1. The van der Waals surface area contributed by atoms with Crippen molar-refractivity contribution in [1.29, 1.82) is 0 Å². The Bertz CT molecular complexity index is 1330. The highest BCUT2D eigenvalue weighted by Crippen LogP contribution is 2.54. The minimum atomic E-state index is -0.489. The minimum absolute atomic E-state index is 0.0419. The predicted octanol–water partition coefficient (Wildman–Crippen LogP) is 7.75. The number of carbonyl (C=O) groups is 2. The van der Waals surface area contributed by atoms with E-state index in [9.17, 15) is 9.59 Å². The Morgan fingerprint density at radius 2 is 1.45 bits per heavy atom. The highest BCUT2D eigenvalue weighted by atomic mass is 79.9. The van der Waals surface area contributed by atoms with Crippen molar-refractivity contribution in [3.8, 4) is 11.5 Å². The van der Waals surface area contributed by atoms with Crippen molar-refractivity contribution in [2.45, 2.75) is 72.8 Å². The molecule has 5 nitrogen and oxygen atoms in total. The van der Waals surface area contributed by atoms with Crippen LogP contribution in [0.15, 0.2) is 63.5 Å². The van der Waals surface area contributed by atoms with Gasteiger partial charge in [-0.3, -0.25) is 9.59 Å². The molecule has 38 heavy (non-hydrogen) atoms. The fourth-order valence-electron chi connectivity index (χ4n) is 5.89. The van der Waals surface area contributed by atoms with E-state index >= 15 is 0 Å². The van der Waals surface area contributed by atoms with E-state index in [0.717, 1.165) is 11.1 Å². The largest absolute Gasteiger partial charge is 0.493 e. The van der Waals surface area contributed by atoms with Crippen LogP contribution in [0, 0.1) is 17.8 Å². The maximum absolute atomic E-state index is 13.6. The van der Waals surface area contributed by atoms with Crippen LogP contribution in [0.1, 0.15) is 76.0 Å². The first-order valence-corrected chi connectivity index (χ1v) is 13.9. The summed E-state index contributed by atoms with van der Waals surface area (Å²) in [6.45, 7) is 10.8. The average molecular weight is 580 g/mol. The van der Waals surface area contributed by atoms with Crippen molar-refractivity contribution >= 4 is 27.5 Å². The van der Waals surface area contributed by atoms with Crippen molar-refractivity contribution in [2.75, 3.05) is 7.11 Å². The van der Waals surface area contributed by atoms with E-state index in [0.29, 0.717) is 70.9 Å². The van der Waals surface area contributed by atoms with Crippen LogP contribution in [0.4, 0.5) is 0 Å². The summed E-state index contributed by atoms with van der Waals surface area (Å²) in [6, 6.07) is 12.1. The molecule has 0 radical (unpaired) electrons. The summed E-state index contributed by atoms with van der Waals surface area (Å²) in [5.74, 6) is 2.13. The Morgan fingerprint density at radius 1 is 0.895 bits per heavy atom. The van der Waals surface area contributed by atoms with Crippen LogP contribution in [-0.2, 0) is 20.9 Å². The molecule has 0 bridgehead atoms. The predicted molar refractivity (Wildman–Crippen MR) is 150 cm³/mol. The Kier molecular flexibility index (Phi) is 6.83. The Hall–Kier alpha value is -2.86. The quantitative estimate of drug-likeness (QED) is 0.363. The number of Topliss-reactive ketones (excluding diaryl/α,β-unsaturated/α-hetero) is 2. The Labute approximate surface area is 233 Å². The van der Waals surface area contributed by atoms with Gasteiger partial charge in [-0.05, 0) is 56.9 Å². The molecule has 0 saturated heterocycles. The number of hydrogen-bond donors (Lipinski definition) is 0. The van der Waals surface area contributed by atoms with Crippen LogP contribution in [0.25, 0.3) is 0 Å². The maximum Gasteiger partial charge on any atom is 0.175 e. The summed E-state index contributed by atoms with van der Waals surface area (Å²) in [5.41, 5.74) is 3.89. The number of aryl methyl sites for hydroxylation is 1. The molecule has 0 fully saturated rings.